The van der Waals surface area contributed by atoms with Gasteiger partial charge in [0.05, 0.1) is 12.7 Å². The summed E-state index contributed by atoms with van der Waals surface area (Å²) in [6, 6.07) is 13.6. The fraction of sp³-hybridized carbons (Fsp3) is 0.125. The van der Waals surface area contributed by atoms with Crippen molar-refractivity contribution in [1.82, 2.24) is 0 Å². The standard InChI is InChI=1S/C16H11NO3/c17-7-8-19-15(18)9-12-10-20-14-6-5-11-3-1-2-4-13(11)16(12)14/h1-6,10H,8-9H2. The maximum absolute atomic E-state index is 11.6. The molecule has 0 N–H and O–H groups in total. The van der Waals surface area contributed by atoms with Crippen LogP contribution in [-0.4, -0.2) is 12.6 Å². The van der Waals surface area contributed by atoms with E-state index < -0.39 is 5.97 Å². The van der Waals surface area contributed by atoms with Crippen LogP contribution in [0.15, 0.2) is 47.1 Å². The molecule has 0 saturated heterocycles. The molecule has 0 radical (unpaired) electrons. The van der Waals surface area contributed by atoms with E-state index in [-0.39, 0.29) is 13.0 Å². The van der Waals surface area contributed by atoms with Crippen molar-refractivity contribution >= 4 is 27.7 Å². The number of esters is 1. The molecule has 0 aliphatic heterocycles. The van der Waals surface area contributed by atoms with Crippen LogP contribution in [0.5, 0.6) is 0 Å². The van der Waals surface area contributed by atoms with Gasteiger partial charge in [-0.25, -0.2) is 0 Å². The Balaban J connectivity index is 2.06. The molecular formula is C16H11NO3. The largest absolute Gasteiger partial charge is 0.464 e. The van der Waals surface area contributed by atoms with Gasteiger partial charge in [0.2, 0.25) is 0 Å². The summed E-state index contributed by atoms with van der Waals surface area (Å²) in [6.45, 7) is -0.227. The Morgan fingerprint density at radius 2 is 2.10 bits per heavy atom. The summed E-state index contributed by atoms with van der Waals surface area (Å²) in [5, 5.41) is 11.5. The average Bonchev–Trinajstić information content (AvgIpc) is 2.88. The number of nitrogens with zero attached hydrogens (tertiary/aromatic N) is 1. The zero-order valence-electron chi connectivity index (χ0n) is 10.6. The number of furan rings is 1. The molecule has 20 heavy (non-hydrogen) atoms. The third kappa shape index (κ3) is 2.10. The van der Waals surface area contributed by atoms with Crippen LogP contribution < -0.4 is 0 Å². The van der Waals surface area contributed by atoms with Crippen molar-refractivity contribution in [2.45, 2.75) is 6.42 Å². The highest BCUT2D eigenvalue weighted by Crippen LogP contribution is 2.30. The summed E-state index contributed by atoms with van der Waals surface area (Å²) < 4.78 is 10.3. The Bertz CT molecular complexity index is 826. The van der Waals surface area contributed by atoms with Crippen molar-refractivity contribution in [3.05, 3.63) is 48.2 Å². The number of carbonyl (C=O) groups excluding carboxylic acids is 1. The smallest absolute Gasteiger partial charge is 0.311 e. The lowest BCUT2D eigenvalue weighted by atomic mass is 10.0. The van der Waals surface area contributed by atoms with Gasteiger partial charge >= 0.3 is 5.97 Å². The summed E-state index contributed by atoms with van der Waals surface area (Å²) in [7, 11) is 0. The van der Waals surface area contributed by atoms with Gasteiger partial charge in [-0.15, -0.1) is 0 Å². The van der Waals surface area contributed by atoms with Crippen LogP contribution >= 0.6 is 0 Å². The number of nitriles is 1. The first-order chi connectivity index (χ1) is 9.79. The van der Waals surface area contributed by atoms with Gasteiger partial charge in [-0.3, -0.25) is 4.79 Å². The summed E-state index contributed by atoms with van der Waals surface area (Å²) in [6.07, 6.45) is 1.67. The van der Waals surface area contributed by atoms with E-state index in [9.17, 15) is 4.79 Å². The molecule has 0 aliphatic rings. The SMILES string of the molecule is N#CCOC(=O)Cc1coc2ccc3ccccc3c12. The minimum atomic E-state index is -0.429. The lowest BCUT2D eigenvalue weighted by Crippen LogP contribution is -2.07. The van der Waals surface area contributed by atoms with Gasteiger partial charge < -0.3 is 9.15 Å². The second-order valence-corrected chi connectivity index (χ2v) is 4.42. The molecule has 0 unspecified atom stereocenters. The molecule has 0 aliphatic carbocycles. The molecule has 0 saturated carbocycles. The zero-order valence-corrected chi connectivity index (χ0v) is 10.6. The highest BCUT2D eigenvalue weighted by Gasteiger charge is 2.13. The van der Waals surface area contributed by atoms with Crippen molar-refractivity contribution < 1.29 is 13.9 Å². The monoisotopic (exact) mass is 265 g/mol. The van der Waals surface area contributed by atoms with E-state index in [1.54, 1.807) is 12.3 Å². The Hall–Kier alpha value is -2.80. The van der Waals surface area contributed by atoms with Crippen molar-refractivity contribution in [1.29, 1.82) is 5.26 Å². The van der Waals surface area contributed by atoms with Gasteiger partial charge in [0.15, 0.2) is 6.61 Å². The van der Waals surface area contributed by atoms with E-state index >= 15 is 0 Å². The zero-order chi connectivity index (χ0) is 13.9. The number of hydrogen-bond donors (Lipinski definition) is 0. The van der Waals surface area contributed by atoms with E-state index in [2.05, 4.69) is 0 Å². The Morgan fingerprint density at radius 1 is 1.25 bits per heavy atom. The molecule has 3 rings (SSSR count). The van der Waals surface area contributed by atoms with Crippen molar-refractivity contribution in [2.24, 2.45) is 0 Å². The highest BCUT2D eigenvalue weighted by molar-refractivity contribution is 6.08. The molecule has 4 heteroatoms. The number of rotatable bonds is 3. The summed E-state index contributed by atoms with van der Waals surface area (Å²) in [5.74, 6) is -0.429. The molecule has 3 aromatic rings. The van der Waals surface area contributed by atoms with E-state index in [1.807, 2.05) is 36.4 Å². The first kappa shape index (κ1) is 12.2. The lowest BCUT2D eigenvalue weighted by molar-refractivity contribution is -0.141. The van der Waals surface area contributed by atoms with Crippen molar-refractivity contribution in [2.75, 3.05) is 6.61 Å². The minimum Gasteiger partial charge on any atom is -0.464 e. The van der Waals surface area contributed by atoms with Crippen LogP contribution in [0.25, 0.3) is 21.7 Å². The molecule has 1 aromatic heterocycles. The molecule has 0 spiro atoms. The van der Waals surface area contributed by atoms with Crippen LogP contribution in [0, 0.1) is 11.3 Å². The van der Waals surface area contributed by atoms with E-state index in [0.717, 1.165) is 27.3 Å². The van der Waals surface area contributed by atoms with Gasteiger partial charge in [0, 0.05) is 10.9 Å². The number of benzene rings is 2. The van der Waals surface area contributed by atoms with Crippen LogP contribution in [-0.2, 0) is 16.0 Å². The van der Waals surface area contributed by atoms with E-state index in [4.69, 9.17) is 14.4 Å². The first-order valence-corrected chi connectivity index (χ1v) is 6.20. The normalized spacial score (nSPS) is 10.6. The molecule has 1 heterocycles. The second-order valence-electron chi connectivity index (χ2n) is 4.42. The van der Waals surface area contributed by atoms with Gasteiger partial charge in [-0.2, -0.15) is 5.26 Å². The molecule has 0 bridgehead atoms. The maximum atomic E-state index is 11.6. The average molecular weight is 265 g/mol. The van der Waals surface area contributed by atoms with Gasteiger partial charge in [-0.1, -0.05) is 30.3 Å². The minimum absolute atomic E-state index is 0.0999. The molecule has 0 fully saturated rings. The van der Waals surface area contributed by atoms with Crippen LogP contribution in [0.4, 0.5) is 0 Å². The van der Waals surface area contributed by atoms with E-state index in [1.165, 1.54) is 0 Å². The fourth-order valence-corrected chi connectivity index (χ4v) is 2.32. The lowest BCUT2D eigenvalue weighted by Gasteiger charge is -2.02. The number of fused-ring (bicyclic) bond motifs is 3. The van der Waals surface area contributed by atoms with Crippen LogP contribution in [0.1, 0.15) is 5.56 Å². The Morgan fingerprint density at radius 3 is 2.95 bits per heavy atom. The molecular weight excluding hydrogens is 254 g/mol. The topological polar surface area (TPSA) is 63.2 Å². The second kappa shape index (κ2) is 5.06. The highest BCUT2D eigenvalue weighted by atomic mass is 16.5. The molecule has 0 amide bonds. The van der Waals surface area contributed by atoms with Crippen molar-refractivity contribution in [3.8, 4) is 6.07 Å². The molecule has 0 atom stereocenters. The van der Waals surface area contributed by atoms with E-state index in [0.29, 0.717) is 0 Å². The molecule has 4 nitrogen and oxygen atoms in total. The predicted molar refractivity (Wildman–Crippen MR) is 74.0 cm³/mol. The Labute approximate surface area is 115 Å². The number of ether oxygens (including phenoxy) is 1. The third-order valence-electron chi connectivity index (χ3n) is 3.17. The summed E-state index contributed by atoms with van der Waals surface area (Å²) in [5.41, 5.74) is 1.52. The van der Waals surface area contributed by atoms with Gasteiger partial charge in [0.25, 0.3) is 0 Å². The van der Waals surface area contributed by atoms with Crippen LogP contribution in [0.3, 0.4) is 0 Å². The number of carbonyl (C=O) groups is 1. The number of hydrogen-bond acceptors (Lipinski definition) is 4. The summed E-state index contributed by atoms with van der Waals surface area (Å²) >= 11 is 0. The molecule has 2 aromatic carbocycles. The van der Waals surface area contributed by atoms with Crippen LogP contribution in [0.2, 0.25) is 0 Å². The van der Waals surface area contributed by atoms with Crippen molar-refractivity contribution in [3.63, 3.8) is 0 Å². The predicted octanol–water partition coefficient (Wildman–Crippen LogP) is 3.20. The fourth-order valence-electron chi connectivity index (χ4n) is 2.32. The quantitative estimate of drug-likeness (QED) is 0.682. The maximum Gasteiger partial charge on any atom is 0.311 e. The van der Waals surface area contributed by atoms with Gasteiger partial charge in [0.1, 0.15) is 11.7 Å². The molecule has 98 valence electrons. The Kier molecular flexibility index (Phi) is 3.10. The third-order valence-corrected chi connectivity index (χ3v) is 3.17. The first-order valence-electron chi connectivity index (χ1n) is 6.20. The van der Waals surface area contributed by atoms with Gasteiger partial charge in [-0.05, 0) is 16.8 Å². The summed E-state index contributed by atoms with van der Waals surface area (Å²) in [4.78, 5) is 11.6.